The van der Waals surface area contributed by atoms with Gasteiger partial charge < -0.3 is 9.84 Å². The van der Waals surface area contributed by atoms with Crippen molar-refractivity contribution in [2.45, 2.75) is 26.3 Å². The lowest BCUT2D eigenvalue weighted by molar-refractivity contribution is -0.121. The average molecular weight is 507 g/mol. The summed E-state index contributed by atoms with van der Waals surface area (Å²) in [4.78, 5) is 33.0. The van der Waals surface area contributed by atoms with Crippen LogP contribution in [0.2, 0.25) is 5.02 Å². The number of rotatable bonds is 6. The van der Waals surface area contributed by atoms with Crippen molar-refractivity contribution < 1.29 is 9.32 Å². The summed E-state index contributed by atoms with van der Waals surface area (Å²) in [6.07, 6.45) is 1.60. The summed E-state index contributed by atoms with van der Waals surface area (Å²) in [5.41, 5.74) is 2.21. The number of carbonyl (C=O) groups is 1. The van der Waals surface area contributed by atoms with Gasteiger partial charge >= 0.3 is 0 Å². The van der Waals surface area contributed by atoms with Gasteiger partial charge in [-0.3, -0.25) is 19.2 Å². The minimum absolute atomic E-state index is 0.159. The molecule has 1 atom stereocenters. The normalized spacial score (nSPS) is 16.2. The molecule has 0 spiro atoms. The van der Waals surface area contributed by atoms with Gasteiger partial charge in [-0.25, -0.2) is 4.68 Å². The molecule has 1 amide bonds. The zero-order valence-corrected chi connectivity index (χ0v) is 20.9. The number of para-hydroxylation sites is 1. The molecule has 4 aromatic rings. The van der Waals surface area contributed by atoms with E-state index < -0.39 is 0 Å². The molecule has 9 nitrogen and oxygen atoms in total. The maximum Gasteiger partial charge on any atom is 0.295 e. The number of aromatic nitrogens is 4. The minimum atomic E-state index is -0.256. The number of hydrogen-bond acceptors (Lipinski definition) is 6. The molecule has 1 N–H and O–H groups in total. The summed E-state index contributed by atoms with van der Waals surface area (Å²) in [6.45, 7) is 3.62. The van der Waals surface area contributed by atoms with Crippen LogP contribution in [0.1, 0.15) is 24.4 Å². The predicted octanol–water partition coefficient (Wildman–Crippen LogP) is 4.04. The van der Waals surface area contributed by atoms with Gasteiger partial charge in [0.25, 0.3) is 5.56 Å². The van der Waals surface area contributed by atoms with E-state index in [1.807, 2.05) is 62.5 Å². The lowest BCUT2D eigenvalue weighted by Gasteiger charge is -2.30. The molecule has 2 aromatic heterocycles. The van der Waals surface area contributed by atoms with E-state index >= 15 is 0 Å². The smallest absolute Gasteiger partial charge is 0.295 e. The monoisotopic (exact) mass is 506 g/mol. The molecule has 1 aliphatic heterocycles. The first kappa shape index (κ1) is 24.0. The first-order valence-corrected chi connectivity index (χ1v) is 12.2. The van der Waals surface area contributed by atoms with Crippen molar-refractivity contribution in [3.8, 4) is 17.1 Å². The minimum Gasteiger partial charge on any atom is -0.338 e. The molecule has 5 rings (SSSR count). The molecule has 0 aliphatic carbocycles. The molecule has 10 heteroatoms. The van der Waals surface area contributed by atoms with Gasteiger partial charge in [-0.2, -0.15) is 4.98 Å². The van der Waals surface area contributed by atoms with E-state index in [9.17, 15) is 9.59 Å². The van der Waals surface area contributed by atoms with Crippen LogP contribution in [0, 0.1) is 12.8 Å². The van der Waals surface area contributed by atoms with E-state index in [4.69, 9.17) is 16.1 Å². The lowest BCUT2D eigenvalue weighted by Crippen LogP contribution is -2.40. The second-order valence-corrected chi connectivity index (χ2v) is 9.40. The average Bonchev–Trinajstić information content (AvgIpc) is 3.43. The third kappa shape index (κ3) is 4.72. The molecule has 0 saturated carbocycles. The zero-order chi connectivity index (χ0) is 25.2. The quantitative estimate of drug-likeness (QED) is 0.424. The van der Waals surface area contributed by atoms with Crippen LogP contribution in [-0.2, 0) is 18.4 Å². The molecular formula is C26H27ClN6O3. The summed E-state index contributed by atoms with van der Waals surface area (Å²) in [6, 6.07) is 16.7. The van der Waals surface area contributed by atoms with Crippen LogP contribution in [0.15, 0.2) is 63.9 Å². The van der Waals surface area contributed by atoms with Crippen LogP contribution >= 0.6 is 11.6 Å². The van der Waals surface area contributed by atoms with E-state index in [1.54, 1.807) is 15.4 Å². The third-order valence-corrected chi connectivity index (χ3v) is 6.95. The number of likely N-dealkylation sites (tertiary alicyclic amines) is 1. The molecule has 1 unspecified atom stereocenters. The highest BCUT2D eigenvalue weighted by atomic mass is 35.5. The third-order valence-electron chi connectivity index (χ3n) is 6.62. The highest BCUT2D eigenvalue weighted by Gasteiger charge is 2.29. The maximum atomic E-state index is 13.2. The molecule has 3 heterocycles. The molecule has 2 aromatic carbocycles. The fraction of sp³-hybridized carbons (Fsp3) is 0.308. The first-order valence-electron chi connectivity index (χ1n) is 11.9. The molecule has 0 radical (unpaired) electrons. The van der Waals surface area contributed by atoms with E-state index in [-0.39, 0.29) is 17.4 Å². The van der Waals surface area contributed by atoms with Crippen molar-refractivity contribution in [1.29, 1.82) is 0 Å². The Morgan fingerprint density at radius 3 is 2.69 bits per heavy atom. The summed E-state index contributed by atoms with van der Waals surface area (Å²) in [5.74, 6) is 0.494. The Bertz CT molecular complexity index is 1440. The number of halogens is 1. The second-order valence-electron chi connectivity index (χ2n) is 8.99. The Kier molecular flexibility index (Phi) is 6.75. The van der Waals surface area contributed by atoms with Crippen molar-refractivity contribution in [3.63, 3.8) is 0 Å². The summed E-state index contributed by atoms with van der Waals surface area (Å²) in [7, 11) is 1.81. The standard InChI is InChI=1S/C26H27ClN6O3/c1-17-23(26(35)33(31(17)2)19-10-4-3-5-11-19)29-25(34)18-9-8-14-32(15-18)16-22-28-24(30-36-22)20-12-6-7-13-21(20)27/h3-7,10-13,18H,8-9,14-16H2,1-2H3,(H,29,34). The van der Waals surface area contributed by atoms with Crippen molar-refractivity contribution in [1.82, 2.24) is 24.4 Å². The highest BCUT2D eigenvalue weighted by Crippen LogP contribution is 2.26. The molecule has 36 heavy (non-hydrogen) atoms. The SMILES string of the molecule is Cc1c(NC(=O)C2CCCN(Cc3nc(-c4ccccc4Cl)no3)C2)c(=O)n(-c2ccccc2)n1C. The number of anilines is 1. The topological polar surface area (TPSA) is 98.2 Å². The van der Waals surface area contributed by atoms with Gasteiger partial charge in [0.2, 0.25) is 17.6 Å². The number of amides is 1. The van der Waals surface area contributed by atoms with Crippen LogP contribution in [0.5, 0.6) is 0 Å². The fourth-order valence-electron chi connectivity index (χ4n) is 4.61. The van der Waals surface area contributed by atoms with Gasteiger partial charge in [0.15, 0.2) is 0 Å². The number of nitrogens with one attached hydrogen (secondary N) is 1. The van der Waals surface area contributed by atoms with Crippen LogP contribution in [-0.4, -0.2) is 43.4 Å². The van der Waals surface area contributed by atoms with Crippen molar-refractivity contribution in [2.75, 3.05) is 18.4 Å². The number of piperidine rings is 1. The Morgan fingerprint density at radius 2 is 1.92 bits per heavy atom. The van der Waals surface area contributed by atoms with E-state index in [0.29, 0.717) is 46.8 Å². The van der Waals surface area contributed by atoms with E-state index in [1.165, 1.54) is 0 Å². The van der Waals surface area contributed by atoms with Gasteiger partial charge in [-0.05, 0) is 50.6 Å². The number of benzene rings is 2. The first-order chi connectivity index (χ1) is 17.4. The number of carbonyl (C=O) groups excluding carboxylic acids is 1. The van der Waals surface area contributed by atoms with Crippen LogP contribution in [0.25, 0.3) is 17.1 Å². The van der Waals surface area contributed by atoms with Gasteiger partial charge in [0.1, 0.15) is 5.69 Å². The van der Waals surface area contributed by atoms with Gasteiger partial charge in [-0.15, -0.1) is 0 Å². The van der Waals surface area contributed by atoms with Crippen molar-refractivity contribution in [3.05, 3.63) is 81.6 Å². The van der Waals surface area contributed by atoms with Crippen molar-refractivity contribution in [2.24, 2.45) is 13.0 Å². The van der Waals surface area contributed by atoms with Gasteiger partial charge in [-0.1, -0.05) is 47.1 Å². The summed E-state index contributed by atoms with van der Waals surface area (Å²) >= 11 is 6.25. The number of hydrogen-bond donors (Lipinski definition) is 1. The largest absolute Gasteiger partial charge is 0.338 e. The van der Waals surface area contributed by atoms with Gasteiger partial charge in [0, 0.05) is 19.2 Å². The van der Waals surface area contributed by atoms with Crippen LogP contribution < -0.4 is 10.9 Å². The fourth-order valence-corrected chi connectivity index (χ4v) is 4.83. The molecule has 1 saturated heterocycles. The Morgan fingerprint density at radius 1 is 1.17 bits per heavy atom. The molecule has 1 fully saturated rings. The lowest BCUT2D eigenvalue weighted by atomic mass is 9.97. The maximum absolute atomic E-state index is 13.2. The van der Waals surface area contributed by atoms with E-state index in [0.717, 1.165) is 25.1 Å². The summed E-state index contributed by atoms with van der Waals surface area (Å²) in [5, 5.41) is 7.53. The van der Waals surface area contributed by atoms with Crippen molar-refractivity contribution >= 4 is 23.2 Å². The highest BCUT2D eigenvalue weighted by molar-refractivity contribution is 6.33. The van der Waals surface area contributed by atoms with E-state index in [2.05, 4.69) is 20.4 Å². The van der Waals surface area contributed by atoms with Crippen LogP contribution in [0.3, 0.4) is 0 Å². The molecule has 186 valence electrons. The predicted molar refractivity (Wildman–Crippen MR) is 137 cm³/mol. The zero-order valence-electron chi connectivity index (χ0n) is 20.1. The van der Waals surface area contributed by atoms with Gasteiger partial charge in [0.05, 0.1) is 28.9 Å². The summed E-state index contributed by atoms with van der Waals surface area (Å²) < 4.78 is 8.77. The number of nitrogens with zero attached hydrogens (tertiary/aromatic N) is 5. The molecular weight excluding hydrogens is 480 g/mol. The van der Waals surface area contributed by atoms with Crippen LogP contribution in [0.4, 0.5) is 5.69 Å². The Hall–Kier alpha value is -3.69. The molecule has 0 bridgehead atoms. The molecule has 1 aliphatic rings. The second kappa shape index (κ2) is 10.1. The Balaban J connectivity index is 1.27. The Labute approximate surface area is 213 Å².